The van der Waals surface area contributed by atoms with Gasteiger partial charge in [-0.05, 0) is 43.5 Å². The first-order valence-electron chi connectivity index (χ1n) is 12.1. The molecular formula is C27H27F2N5O2. The second-order valence-corrected chi connectivity index (χ2v) is 9.68. The van der Waals surface area contributed by atoms with E-state index in [2.05, 4.69) is 19.9 Å². The third kappa shape index (κ3) is 4.28. The number of hydrogen-bond acceptors (Lipinski definition) is 6. The van der Waals surface area contributed by atoms with Crippen molar-refractivity contribution in [2.75, 3.05) is 31.2 Å². The normalized spacial score (nSPS) is 17.1. The lowest BCUT2D eigenvalue weighted by molar-refractivity contribution is -0.0504. The van der Waals surface area contributed by atoms with Crippen LogP contribution in [0.3, 0.4) is 0 Å². The fraction of sp³-hybridized carbons (Fsp3) is 0.370. The predicted octanol–water partition coefficient (Wildman–Crippen LogP) is 5.07. The predicted molar refractivity (Wildman–Crippen MR) is 132 cm³/mol. The Morgan fingerprint density at radius 2 is 1.78 bits per heavy atom. The number of nitrogens with zero attached hydrogens (tertiary/aromatic N) is 5. The molecule has 4 aromatic rings. The number of ether oxygens (including phenoxy) is 2. The summed E-state index contributed by atoms with van der Waals surface area (Å²) in [4.78, 5) is 16.2. The summed E-state index contributed by atoms with van der Waals surface area (Å²) in [5.41, 5.74) is 4.65. The maximum Gasteiger partial charge on any atom is 0.387 e. The molecule has 4 heterocycles. The average Bonchev–Trinajstić information content (AvgIpc) is 3.18. The molecule has 2 aliphatic rings. The smallest absolute Gasteiger partial charge is 0.387 e. The molecule has 1 spiro atoms. The van der Waals surface area contributed by atoms with Crippen molar-refractivity contribution in [3.63, 3.8) is 0 Å². The van der Waals surface area contributed by atoms with E-state index in [-0.39, 0.29) is 5.75 Å². The van der Waals surface area contributed by atoms with Crippen molar-refractivity contribution in [1.82, 2.24) is 19.5 Å². The fourth-order valence-electron chi connectivity index (χ4n) is 5.30. The minimum absolute atomic E-state index is 0.169. The molecule has 0 aliphatic carbocycles. The quantitative estimate of drug-likeness (QED) is 0.375. The number of halogens is 2. The molecule has 186 valence electrons. The highest BCUT2D eigenvalue weighted by molar-refractivity contribution is 5.82. The molecule has 0 atom stereocenters. The zero-order chi connectivity index (χ0) is 24.7. The van der Waals surface area contributed by atoms with Crippen LogP contribution < -0.4 is 9.64 Å². The van der Waals surface area contributed by atoms with Crippen molar-refractivity contribution in [3.8, 4) is 16.9 Å². The molecule has 0 N–H and O–H groups in total. The Hall–Kier alpha value is -3.59. The lowest BCUT2D eigenvalue weighted by Gasteiger charge is -2.52. The van der Waals surface area contributed by atoms with Crippen LogP contribution in [0.2, 0.25) is 0 Å². The number of rotatable bonds is 6. The van der Waals surface area contributed by atoms with Crippen molar-refractivity contribution in [2.45, 2.75) is 32.9 Å². The summed E-state index contributed by atoms with van der Waals surface area (Å²) in [6, 6.07) is 12.9. The molecule has 0 radical (unpaired) electrons. The van der Waals surface area contributed by atoms with Crippen LogP contribution in [0.25, 0.3) is 22.2 Å². The van der Waals surface area contributed by atoms with Crippen molar-refractivity contribution >= 4 is 17.0 Å². The Morgan fingerprint density at radius 3 is 2.53 bits per heavy atom. The van der Waals surface area contributed by atoms with E-state index in [1.807, 2.05) is 48.1 Å². The van der Waals surface area contributed by atoms with Gasteiger partial charge in [-0.25, -0.2) is 15.0 Å². The maximum absolute atomic E-state index is 12.9. The molecule has 0 amide bonds. The van der Waals surface area contributed by atoms with Crippen LogP contribution in [0.5, 0.6) is 5.75 Å². The SMILES string of the molecule is Cc1nc2ccc(-c3cnc(N4CC5(CCOCC5)C4)nc3)cc2n1Cc1ccccc1OC(F)F. The summed E-state index contributed by atoms with van der Waals surface area (Å²) in [5.74, 6) is 1.72. The summed E-state index contributed by atoms with van der Waals surface area (Å²) < 4.78 is 38.0. The molecule has 2 saturated heterocycles. The largest absolute Gasteiger partial charge is 0.434 e. The molecule has 9 heteroatoms. The van der Waals surface area contributed by atoms with Crippen LogP contribution in [0.1, 0.15) is 24.2 Å². The van der Waals surface area contributed by atoms with Crippen molar-refractivity contribution < 1.29 is 18.3 Å². The minimum atomic E-state index is -2.88. The number of hydrogen-bond donors (Lipinski definition) is 0. The zero-order valence-electron chi connectivity index (χ0n) is 20.0. The number of fused-ring (bicyclic) bond motifs is 1. The maximum atomic E-state index is 12.9. The van der Waals surface area contributed by atoms with Gasteiger partial charge in [0.25, 0.3) is 0 Å². The van der Waals surface area contributed by atoms with E-state index >= 15 is 0 Å². The summed E-state index contributed by atoms with van der Waals surface area (Å²) in [6.45, 7) is 3.06. The van der Waals surface area contributed by atoms with E-state index in [0.717, 1.165) is 73.1 Å². The van der Waals surface area contributed by atoms with Crippen molar-refractivity contribution in [1.29, 1.82) is 0 Å². The van der Waals surface area contributed by atoms with Crippen LogP contribution in [-0.2, 0) is 11.3 Å². The summed E-state index contributed by atoms with van der Waals surface area (Å²) >= 11 is 0. The zero-order valence-corrected chi connectivity index (χ0v) is 20.0. The first-order valence-corrected chi connectivity index (χ1v) is 12.1. The molecule has 0 saturated carbocycles. The second-order valence-electron chi connectivity index (χ2n) is 9.68. The second kappa shape index (κ2) is 9.13. The van der Waals surface area contributed by atoms with E-state index in [1.165, 1.54) is 0 Å². The Labute approximate surface area is 207 Å². The number of aromatic nitrogens is 4. The Morgan fingerprint density at radius 1 is 1.03 bits per heavy atom. The van der Waals surface area contributed by atoms with Gasteiger partial charge < -0.3 is 18.9 Å². The Balaban J connectivity index is 1.24. The number of para-hydroxylation sites is 1. The number of benzene rings is 2. The van der Waals surface area contributed by atoms with Crippen LogP contribution in [0, 0.1) is 12.3 Å². The molecule has 2 aromatic heterocycles. The molecule has 0 unspecified atom stereocenters. The molecule has 7 nitrogen and oxygen atoms in total. The molecule has 0 bridgehead atoms. The van der Waals surface area contributed by atoms with E-state index in [9.17, 15) is 8.78 Å². The monoisotopic (exact) mass is 491 g/mol. The minimum Gasteiger partial charge on any atom is -0.434 e. The van der Waals surface area contributed by atoms with Gasteiger partial charge in [-0.1, -0.05) is 24.3 Å². The lowest BCUT2D eigenvalue weighted by atomic mass is 9.73. The lowest BCUT2D eigenvalue weighted by Crippen LogP contribution is -2.59. The van der Waals surface area contributed by atoms with Crippen LogP contribution >= 0.6 is 0 Å². The van der Waals surface area contributed by atoms with Gasteiger partial charge in [-0.3, -0.25) is 0 Å². The van der Waals surface area contributed by atoms with Gasteiger partial charge in [0.1, 0.15) is 11.6 Å². The van der Waals surface area contributed by atoms with Crippen molar-refractivity contribution in [3.05, 3.63) is 66.2 Å². The van der Waals surface area contributed by atoms with Gasteiger partial charge in [0.2, 0.25) is 5.95 Å². The molecule has 6 rings (SSSR count). The molecule has 2 fully saturated rings. The van der Waals surface area contributed by atoms with E-state index in [0.29, 0.717) is 17.5 Å². The first-order chi connectivity index (χ1) is 17.5. The third-order valence-electron chi connectivity index (χ3n) is 7.32. The topological polar surface area (TPSA) is 65.3 Å². The van der Waals surface area contributed by atoms with Gasteiger partial charge in [0, 0.05) is 55.2 Å². The first kappa shape index (κ1) is 22.8. The molecule has 36 heavy (non-hydrogen) atoms. The average molecular weight is 492 g/mol. The van der Waals surface area contributed by atoms with E-state index in [1.54, 1.807) is 18.2 Å². The van der Waals surface area contributed by atoms with Gasteiger partial charge in [0.15, 0.2) is 0 Å². The highest BCUT2D eigenvalue weighted by Crippen LogP contribution is 2.41. The van der Waals surface area contributed by atoms with Crippen LogP contribution in [0.15, 0.2) is 54.9 Å². The van der Waals surface area contributed by atoms with Gasteiger partial charge in [0.05, 0.1) is 17.6 Å². The van der Waals surface area contributed by atoms with Gasteiger partial charge in [-0.2, -0.15) is 8.78 Å². The number of aryl methyl sites for hydroxylation is 1. The van der Waals surface area contributed by atoms with Crippen LogP contribution in [-0.4, -0.2) is 52.4 Å². The fourth-order valence-corrected chi connectivity index (χ4v) is 5.30. The Bertz CT molecular complexity index is 1370. The number of imidazole rings is 1. The summed E-state index contributed by atoms with van der Waals surface area (Å²) in [5, 5.41) is 0. The Kier molecular flexibility index (Phi) is 5.79. The highest BCUT2D eigenvalue weighted by atomic mass is 19.3. The molecular weight excluding hydrogens is 464 g/mol. The number of alkyl halides is 2. The molecule has 2 aromatic carbocycles. The molecule has 2 aliphatic heterocycles. The van der Waals surface area contributed by atoms with Crippen molar-refractivity contribution in [2.24, 2.45) is 5.41 Å². The summed E-state index contributed by atoms with van der Waals surface area (Å²) in [6.07, 6.45) is 5.93. The number of anilines is 1. The van der Waals surface area contributed by atoms with E-state index in [4.69, 9.17) is 9.47 Å². The highest BCUT2D eigenvalue weighted by Gasteiger charge is 2.44. The third-order valence-corrected chi connectivity index (χ3v) is 7.32. The van der Waals surface area contributed by atoms with E-state index < -0.39 is 6.61 Å². The van der Waals surface area contributed by atoms with Gasteiger partial charge >= 0.3 is 6.61 Å². The standard InChI is InChI=1S/C27H27F2N5O2/c1-18-32-22-7-6-19(12-23(22)34(18)15-20-4-2-3-5-24(20)36-25(28)29)21-13-30-26(31-14-21)33-16-27(17-33)8-10-35-11-9-27/h2-7,12-14,25H,8-11,15-17H2,1H3. The van der Waals surface area contributed by atoms with Crippen LogP contribution in [0.4, 0.5) is 14.7 Å². The van der Waals surface area contributed by atoms with Gasteiger partial charge in [-0.15, -0.1) is 0 Å². The summed E-state index contributed by atoms with van der Waals surface area (Å²) in [7, 11) is 0.